The van der Waals surface area contributed by atoms with Crippen LogP contribution in [0.2, 0.25) is 0 Å². The lowest BCUT2D eigenvalue weighted by Gasteiger charge is -2.21. The number of carbonyl (C=O) groups is 1. The predicted molar refractivity (Wildman–Crippen MR) is 61.8 cm³/mol. The maximum absolute atomic E-state index is 11.5. The van der Waals surface area contributed by atoms with Crippen molar-refractivity contribution in [3.8, 4) is 0 Å². The maximum Gasteiger partial charge on any atom is 0.241 e. The minimum absolute atomic E-state index is 0.0762. The monoisotopic (exact) mass is 241 g/mol. The first-order valence-electron chi connectivity index (χ1n) is 5.55. The van der Waals surface area contributed by atoms with Crippen molar-refractivity contribution in [2.75, 3.05) is 6.54 Å². The molecule has 4 N–H and O–H groups in total. The molecular formula is C10H19N5O2. The van der Waals surface area contributed by atoms with E-state index in [2.05, 4.69) is 15.6 Å². The van der Waals surface area contributed by atoms with Crippen LogP contribution in [-0.4, -0.2) is 38.2 Å². The first kappa shape index (κ1) is 13.6. The number of aromatic nitrogens is 3. The molecule has 1 aromatic rings. The third-order valence-corrected chi connectivity index (χ3v) is 2.53. The summed E-state index contributed by atoms with van der Waals surface area (Å²) in [5, 5.41) is 19.9. The lowest BCUT2D eigenvalue weighted by Crippen LogP contribution is -2.41. The molecule has 1 heterocycles. The van der Waals surface area contributed by atoms with Crippen LogP contribution in [0.3, 0.4) is 0 Å². The number of carbonyl (C=O) groups excluding carboxylic acids is 1. The molecule has 0 saturated heterocycles. The van der Waals surface area contributed by atoms with Crippen LogP contribution in [0.15, 0.2) is 6.20 Å². The van der Waals surface area contributed by atoms with E-state index in [1.54, 1.807) is 13.1 Å². The van der Waals surface area contributed by atoms with Crippen LogP contribution in [0, 0.1) is 0 Å². The van der Waals surface area contributed by atoms with Crippen molar-refractivity contribution in [2.24, 2.45) is 5.73 Å². The first-order valence-corrected chi connectivity index (χ1v) is 5.55. The van der Waals surface area contributed by atoms with Gasteiger partial charge in [-0.25, -0.2) is 4.68 Å². The van der Waals surface area contributed by atoms with Gasteiger partial charge in [-0.2, -0.15) is 0 Å². The van der Waals surface area contributed by atoms with E-state index in [-0.39, 0.29) is 19.0 Å². The molecule has 1 unspecified atom stereocenters. The van der Waals surface area contributed by atoms with E-state index in [1.807, 2.05) is 6.92 Å². The zero-order valence-corrected chi connectivity index (χ0v) is 10.2. The Bertz CT molecular complexity index is 375. The van der Waals surface area contributed by atoms with Gasteiger partial charge in [-0.1, -0.05) is 12.1 Å². The third-order valence-electron chi connectivity index (χ3n) is 2.53. The molecule has 0 saturated carbocycles. The number of hydrogen-bond acceptors (Lipinski definition) is 5. The second-order valence-corrected chi connectivity index (χ2v) is 4.24. The molecule has 0 aliphatic rings. The largest absolute Gasteiger partial charge is 0.388 e. The molecule has 96 valence electrons. The Morgan fingerprint density at radius 1 is 1.71 bits per heavy atom. The van der Waals surface area contributed by atoms with Crippen LogP contribution in [0.4, 0.5) is 0 Å². The molecular weight excluding hydrogens is 222 g/mol. The fourth-order valence-corrected chi connectivity index (χ4v) is 1.13. The smallest absolute Gasteiger partial charge is 0.241 e. The Labute approximate surface area is 100.0 Å². The topological polar surface area (TPSA) is 106 Å². The number of nitrogens with zero attached hydrogens (tertiary/aromatic N) is 3. The molecule has 7 nitrogen and oxygen atoms in total. The van der Waals surface area contributed by atoms with E-state index in [0.29, 0.717) is 18.7 Å². The Morgan fingerprint density at radius 2 is 2.41 bits per heavy atom. The van der Waals surface area contributed by atoms with Gasteiger partial charge in [0.15, 0.2) is 0 Å². The third kappa shape index (κ3) is 4.49. The molecule has 0 bridgehead atoms. The van der Waals surface area contributed by atoms with Crippen LogP contribution in [-0.2, 0) is 17.9 Å². The zero-order valence-electron chi connectivity index (χ0n) is 10.2. The molecule has 0 aromatic carbocycles. The summed E-state index contributed by atoms with van der Waals surface area (Å²) in [6, 6.07) is 0. The Kier molecular flexibility index (Phi) is 4.59. The minimum atomic E-state index is -0.875. The van der Waals surface area contributed by atoms with Gasteiger partial charge >= 0.3 is 0 Å². The molecule has 1 amide bonds. The van der Waals surface area contributed by atoms with Crippen molar-refractivity contribution in [3.63, 3.8) is 0 Å². The number of hydrogen-bond donors (Lipinski definition) is 3. The average Bonchev–Trinajstić information content (AvgIpc) is 2.74. The van der Waals surface area contributed by atoms with Crippen LogP contribution in [0.1, 0.15) is 26.0 Å². The number of rotatable bonds is 6. The Balaban J connectivity index is 2.39. The lowest BCUT2D eigenvalue weighted by molar-refractivity contribution is -0.123. The van der Waals surface area contributed by atoms with Crippen LogP contribution in [0.25, 0.3) is 0 Å². The van der Waals surface area contributed by atoms with Gasteiger partial charge in [0.2, 0.25) is 5.91 Å². The van der Waals surface area contributed by atoms with Gasteiger partial charge in [0.05, 0.1) is 17.5 Å². The van der Waals surface area contributed by atoms with Crippen molar-refractivity contribution in [3.05, 3.63) is 11.9 Å². The fourth-order valence-electron chi connectivity index (χ4n) is 1.13. The summed E-state index contributed by atoms with van der Waals surface area (Å²) in [5.74, 6) is -0.216. The Morgan fingerprint density at radius 3 is 2.94 bits per heavy atom. The van der Waals surface area contributed by atoms with E-state index in [4.69, 9.17) is 5.73 Å². The normalized spacial score (nSPS) is 14.4. The zero-order chi connectivity index (χ0) is 12.9. The number of amides is 1. The van der Waals surface area contributed by atoms with Gasteiger partial charge < -0.3 is 16.2 Å². The van der Waals surface area contributed by atoms with Gasteiger partial charge in [0.1, 0.15) is 6.54 Å². The van der Waals surface area contributed by atoms with Gasteiger partial charge in [-0.05, 0) is 13.3 Å². The molecule has 7 heteroatoms. The molecule has 0 aliphatic carbocycles. The standard InChI is InChI=1S/C10H19N5O2/c1-3-10(2,17)7-12-9(16)6-15-5-8(4-11)13-14-15/h5,17H,3-4,6-7,11H2,1-2H3,(H,12,16). The van der Waals surface area contributed by atoms with Crippen molar-refractivity contribution in [1.82, 2.24) is 20.3 Å². The van der Waals surface area contributed by atoms with E-state index in [1.165, 1.54) is 4.68 Å². The summed E-state index contributed by atoms with van der Waals surface area (Å²) in [5.41, 5.74) is 5.14. The summed E-state index contributed by atoms with van der Waals surface area (Å²) in [4.78, 5) is 11.5. The average molecular weight is 241 g/mol. The summed E-state index contributed by atoms with van der Waals surface area (Å²) >= 11 is 0. The fraction of sp³-hybridized carbons (Fsp3) is 0.700. The van der Waals surface area contributed by atoms with Crippen LogP contribution >= 0.6 is 0 Å². The van der Waals surface area contributed by atoms with E-state index in [0.717, 1.165) is 0 Å². The maximum atomic E-state index is 11.5. The first-order chi connectivity index (χ1) is 7.96. The highest BCUT2D eigenvalue weighted by Crippen LogP contribution is 2.05. The molecule has 0 spiro atoms. The van der Waals surface area contributed by atoms with Crippen molar-refractivity contribution in [2.45, 2.75) is 39.0 Å². The van der Waals surface area contributed by atoms with Gasteiger partial charge in [0, 0.05) is 13.1 Å². The van der Waals surface area contributed by atoms with Crippen molar-refractivity contribution in [1.29, 1.82) is 0 Å². The highest BCUT2D eigenvalue weighted by molar-refractivity contribution is 5.75. The van der Waals surface area contributed by atoms with Crippen molar-refractivity contribution < 1.29 is 9.90 Å². The van der Waals surface area contributed by atoms with E-state index >= 15 is 0 Å². The second-order valence-electron chi connectivity index (χ2n) is 4.24. The number of nitrogens with one attached hydrogen (secondary N) is 1. The van der Waals surface area contributed by atoms with Gasteiger partial charge in [-0.3, -0.25) is 4.79 Å². The molecule has 0 aliphatic heterocycles. The van der Waals surface area contributed by atoms with E-state index < -0.39 is 5.60 Å². The summed E-state index contributed by atoms with van der Waals surface area (Å²) < 4.78 is 1.41. The van der Waals surface area contributed by atoms with Crippen LogP contribution < -0.4 is 11.1 Å². The van der Waals surface area contributed by atoms with E-state index in [9.17, 15) is 9.90 Å². The minimum Gasteiger partial charge on any atom is -0.388 e. The summed E-state index contributed by atoms with van der Waals surface area (Å²) in [6.45, 7) is 4.13. The molecule has 1 atom stereocenters. The highest BCUT2D eigenvalue weighted by Gasteiger charge is 2.18. The summed E-state index contributed by atoms with van der Waals surface area (Å²) in [6.07, 6.45) is 2.20. The SMILES string of the molecule is CCC(C)(O)CNC(=O)Cn1cc(CN)nn1. The molecule has 1 aromatic heterocycles. The second kappa shape index (κ2) is 5.74. The summed E-state index contributed by atoms with van der Waals surface area (Å²) in [7, 11) is 0. The van der Waals surface area contributed by atoms with Gasteiger partial charge in [0.25, 0.3) is 0 Å². The number of aliphatic hydroxyl groups is 1. The Hall–Kier alpha value is -1.47. The quantitative estimate of drug-likeness (QED) is 0.593. The van der Waals surface area contributed by atoms with Gasteiger partial charge in [-0.15, -0.1) is 5.10 Å². The van der Waals surface area contributed by atoms with Crippen LogP contribution in [0.5, 0.6) is 0 Å². The van der Waals surface area contributed by atoms with Crippen molar-refractivity contribution >= 4 is 5.91 Å². The number of nitrogens with two attached hydrogens (primary N) is 1. The molecule has 0 radical (unpaired) electrons. The molecule has 1 rings (SSSR count). The molecule has 0 fully saturated rings. The molecule has 17 heavy (non-hydrogen) atoms. The predicted octanol–water partition coefficient (Wildman–Crippen LogP) is -0.986. The lowest BCUT2D eigenvalue weighted by atomic mass is 10.0. The highest BCUT2D eigenvalue weighted by atomic mass is 16.3.